The summed E-state index contributed by atoms with van der Waals surface area (Å²) in [5, 5.41) is 10.2. The molecule has 0 saturated heterocycles. The van der Waals surface area contributed by atoms with Gasteiger partial charge >= 0.3 is 5.97 Å². The van der Waals surface area contributed by atoms with Crippen LogP contribution in [0.3, 0.4) is 0 Å². The Bertz CT molecular complexity index is 930. The van der Waals surface area contributed by atoms with Crippen LogP contribution < -0.4 is 5.56 Å². The van der Waals surface area contributed by atoms with E-state index < -0.39 is 5.97 Å². The number of aromatic carboxylic acids is 1. The van der Waals surface area contributed by atoms with Gasteiger partial charge in [0.2, 0.25) is 0 Å². The number of aromatic nitrogens is 1. The van der Waals surface area contributed by atoms with Gasteiger partial charge < -0.3 is 5.11 Å². The number of carboxylic acids is 1. The van der Waals surface area contributed by atoms with Crippen LogP contribution in [0.5, 0.6) is 0 Å². The van der Waals surface area contributed by atoms with Crippen molar-refractivity contribution < 1.29 is 9.90 Å². The maximum absolute atomic E-state index is 12.4. The summed E-state index contributed by atoms with van der Waals surface area (Å²) in [4.78, 5) is 23.8. The van der Waals surface area contributed by atoms with Gasteiger partial charge in [0.1, 0.15) is 0 Å². The molecule has 0 aliphatic rings. The standard InChI is InChI=1S/C14H7Cl2NO3S/c15-7-5-9(14(19)20)12(10(16)6-7)17-13(18)8-3-1-2-4-11(8)21-17/h1-6H,(H,19,20). The summed E-state index contributed by atoms with van der Waals surface area (Å²) in [6, 6.07) is 9.74. The minimum Gasteiger partial charge on any atom is -0.478 e. The summed E-state index contributed by atoms with van der Waals surface area (Å²) in [5.74, 6) is -1.20. The summed E-state index contributed by atoms with van der Waals surface area (Å²) in [5.41, 5.74) is -0.275. The number of hydrogen-bond acceptors (Lipinski definition) is 3. The second-order valence-corrected chi connectivity index (χ2v) is 6.11. The maximum atomic E-state index is 12.4. The maximum Gasteiger partial charge on any atom is 0.337 e. The number of carbonyl (C=O) groups is 1. The number of hydrogen-bond donors (Lipinski definition) is 1. The molecule has 0 unspecified atom stereocenters. The Morgan fingerprint density at radius 1 is 1.19 bits per heavy atom. The normalized spacial score (nSPS) is 11.0. The fraction of sp³-hybridized carbons (Fsp3) is 0. The third kappa shape index (κ3) is 2.33. The molecule has 0 amide bonds. The number of fused-ring (bicyclic) bond motifs is 1. The van der Waals surface area contributed by atoms with Gasteiger partial charge in [-0.1, -0.05) is 46.9 Å². The molecule has 1 heterocycles. The number of benzene rings is 2. The Kier molecular flexibility index (Phi) is 3.49. The van der Waals surface area contributed by atoms with E-state index in [4.69, 9.17) is 23.2 Å². The summed E-state index contributed by atoms with van der Waals surface area (Å²) in [7, 11) is 0. The van der Waals surface area contributed by atoms with Gasteiger partial charge in [0.15, 0.2) is 0 Å². The molecule has 0 aliphatic heterocycles. The van der Waals surface area contributed by atoms with Crippen molar-refractivity contribution >= 4 is 50.8 Å². The quantitative estimate of drug-likeness (QED) is 0.765. The van der Waals surface area contributed by atoms with Crippen LogP contribution in [-0.2, 0) is 0 Å². The van der Waals surface area contributed by atoms with Gasteiger partial charge in [-0.2, -0.15) is 0 Å². The minimum absolute atomic E-state index is 0.110. The predicted octanol–water partition coefficient (Wildman–Crippen LogP) is 4.06. The molecule has 0 aliphatic carbocycles. The summed E-state index contributed by atoms with van der Waals surface area (Å²) in [6.07, 6.45) is 0. The van der Waals surface area contributed by atoms with E-state index in [1.807, 2.05) is 6.07 Å². The lowest BCUT2D eigenvalue weighted by Gasteiger charge is -2.08. The van der Waals surface area contributed by atoms with Gasteiger partial charge in [0, 0.05) is 5.02 Å². The zero-order chi connectivity index (χ0) is 15.1. The fourth-order valence-corrected chi connectivity index (χ4v) is 3.74. The average molecular weight is 340 g/mol. The highest BCUT2D eigenvalue weighted by atomic mass is 35.5. The number of rotatable bonds is 2. The third-order valence-electron chi connectivity index (χ3n) is 2.95. The first-order chi connectivity index (χ1) is 9.99. The monoisotopic (exact) mass is 339 g/mol. The Hall–Kier alpha value is -1.82. The van der Waals surface area contributed by atoms with Crippen molar-refractivity contribution in [3.05, 3.63) is 62.4 Å². The molecule has 2 aromatic carbocycles. The third-order valence-corrected chi connectivity index (χ3v) is 4.54. The number of carboxylic acid groups (broad SMARTS) is 1. The number of halogens is 2. The Labute approximate surface area is 132 Å². The Balaban J connectivity index is 2.40. The van der Waals surface area contributed by atoms with Crippen molar-refractivity contribution in [2.24, 2.45) is 0 Å². The SMILES string of the molecule is O=C(O)c1cc(Cl)cc(Cl)c1-n1sc2ccccc2c1=O. The van der Waals surface area contributed by atoms with E-state index in [-0.39, 0.29) is 26.9 Å². The summed E-state index contributed by atoms with van der Waals surface area (Å²) < 4.78 is 2.04. The molecule has 0 atom stereocenters. The van der Waals surface area contributed by atoms with Crippen molar-refractivity contribution in [1.82, 2.24) is 3.96 Å². The first-order valence-corrected chi connectivity index (χ1v) is 7.36. The van der Waals surface area contributed by atoms with Crippen LogP contribution in [0.4, 0.5) is 0 Å². The van der Waals surface area contributed by atoms with Crippen molar-refractivity contribution in [3.63, 3.8) is 0 Å². The first-order valence-electron chi connectivity index (χ1n) is 5.83. The largest absolute Gasteiger partial charge is 0.478 e. The molecule has 0 radical (unpaired) electrons. The molecule has 21 heavy (non-hydrogen) atoms. The van der Waals surface area contributed by atoms with Gasteiger partial charge in [0.25, 0.3) is 5.56 Å². The molecular weight excluding hydrogens is 333 g/mol. The van der Waals surface area contributed by atoms with Gasteiger partial charge in [-0.3, -0.25) is 4.79 Å². The van der Waals surface area contributed by atoms with E-state index in [9.17, 15) is 14.7 Å². The van der Waals surface area contributed by atoms with E-state index in [0.717, 1.165) is 16.2 Å². The first kappa shape index (κ1) is 14.1. The topological polar surface area (TPSA) is 59.3 Å². The van der Waals surface area contributed by atoms with E-state index in [0.29, 0.717) is 5.39 Å². The smallest absolute Gasteiger partial charge is 0.337 e. The Morgan fingerprint density at radius 3 is 2.57 bits per heavy atom. The molecule has 0 fully saturated rings. The highest BCUT2D eigenvalue weighted by molar-refractivity contribution is 7.14. The van der Waals surface area contributed by atoms with Gasteiger partial charge in [-0.05, 0) is 24.3 Å². The molecule has 7 heteroatoms. The zero-order valence-corrected chi connectivity index (χ0v) is 12.7. The van der Waals surface area contributed by atoms with Crippen molar-refractivity contribution in [2.75, 3.05) is 0 Å². The molecule has 3 aromatic rings. The van der Waals surface area contributed by atoms with E-state index in [1.54, 1.807) is 18.2 Å². The molecule has 0 spiro atoms. The van der Waals surface area contributed by atoms with Crippen LogP contribution in [0.2, 0.25) is 10.0 Å². The lowest BCUT2D eigenvalue weighted by molar-refractivity contribution is 0.0697. The van der Waals surface area contributed by atoms with Crippen LogP contribution in [0, 0.1) is 0 Å². The van der Waals surface area contributed by atoms with Crippen molar-refractivity contribution in [1.29, 1.82) is 0 Å². The van der Waals surface area contributed by atoms with Gasteiger partial charge in [0.05, 0.1) is 26.4 Å². The van der Waals surface area contributed by atoms with E-state index in [1.165, 1.54) is 16.1 Å². The van der Waals surface area contributed by atoms with Crippen LogP contribution in [0.1, 0.15) is 10.4 Å². The zero-order valence-electron chi connectivity index (χ0n) is 10.3. The summed E-state index contributed by atoms with van der Waals surface area (Å²) >= 11 is 13.1. The van der Waals surface area contributed by atoms with Gasteiger partial charge in [-0.25, -0.2) is 8.75 Å². The summed E-state index contributed by atoms with van der Waals surface area (Å²) in [6.45, 7) is 0. The van der Waals surface area contributed by atoms with Gasteiger partial charge in [-0.15, -0.1) is 0 Å². The highest BCUT2D eigenvalue weighted by Gasteiger charge is 2.20. The second kappa shape index (κ2) is 5.18. The van der Waals surface area contributed by atoms with Crippen LogP contribution in [0.25, 0.3) is 15.8 Å². The van der Waals surface area contributed by atoms with E-state index >= 15 is 0 Å². The fourth-order valence-electron chi connectivity index (χ4n) is 2.05. The molecule has 1 N–H and O–H groups in total. The van der Waals surface area contributed by atoms with Crippen molar-refractivity contribution in [2.45, 2.75) is 0 Å². The van der Waals surface area contributed by atoms with Crippen LogP contribution in [-0.4, -0.2) is 15.0 Å². The second-order valence-electron chi connectivity index (χ2n) is 4.28. The lowest BCUT2D eigenvalue weighted by atomic mass is 10.2. The molecule has 1 aromatic heterocycles. The molecular formula is C14H7Cl2NO3S. The molecule has 0 bridgehead atoms. The predicted molar refractivity (Wildman–Crippen MR) is 84.4 cm³/mol. The Morgan fingerprint density at radius 2 is 1.90 bits per heavy atom. The van der Waals surface area contributed by atoms with E-state index in [2.05, 4.69) is 0 Å². The molecule has 4 nitrogen and oxygen atoms in total. The average Bonchev–Trinajstić information content (AvgIpc) is 2.75. The lowest BCUT2D eigenvalue weighted by Crippen LogP contribution is -2.15. The highest BCUT2D eigenvalue weighted by Crippen LogP contribution is 2.31. The number of nitrogens with zero attached hydrogens (tertiary/aromatic N) is 1. The molecule has 3 rings (SSSR count). The van der Waals surface area contributed by atoms with Crippen LogP contribution >= 0.6 is 34.7 Å². The molecule has 0 saturated carbocycles. The van der Waals surface area contributed by atoms with Crippen LogP contribution in [0.15, 0.2) is 41.2 Å². The van der Waals surface area contributed by atoms with Crippen molar-refractivity contribution in [3.8, 4) is 5.69 Å². The molecule has 106 valence electrons. The minimum atomic E-state index is -1.20.